The van der Waals surface area contributed by atoms with Crippen molar-refractivity contribution in [3.8, 4) is 5.95 Å². The summed E-state index contributed by atoms with van der Waals surface area (Å²) in [6.45, 7) is 4.67. The molecule has 0 amide bonds. The predicted molar refractivity (Wildman–Crippen MR) is 44.2 cm³/mol. The highest BCUT2D eigenvalue weighted by atomic mass is 16.6. The third kappa shape index (κ3) is 1.44. The molecule has 1 aliphatic rings. The van der Waals surface area contributed by atoms with Gasteiger partial charge in [0.2, 0.25) is 0 Å². The van der Waals surface area contributed by atoms with Crippen LogP contribution in [0.2, 0.25) is 0 Å². The number of aromatic nitrogens is 1. The van der Waals surface area contributed by atoms with Crippen LogP contribution in [0.1, 0.15) is 24.1 Å². The summed E-state index contributed by atoms with van der Waals surface area (Å²) in [5.41, 5.74) is 1.94. The van der Waals surface area contributed by atoms with Crippen molar-refractivity contribution < 1.29 is 9.26 Å². The Hall–Kier alpha value is -0.990. The van der Waals surface area contributed by atoms with Crippen molar-refractivity contribution in [3.05, 3.63) is 11.3 Å². The van der Waals surface area contributed by atoms with Crippen LogP contribution < -0.4 is 4.74 Å². The number of aryl methyl sites for hydroxylation is 1. The minimum absolute atomic E-state index is 0.597. The Morgan fingerprint density at radius 1 is 1.50 bits per heavy atom. The fourth-order valence-corrected chi connectivity index (χ4v) is 1.01. The zero-order chi connectivity index (χ0) is 8.55. The molecule has 0 unspecified atom stereocenters. The summed E-state index contributed by atoms with van der Waals surface area (Å²) in [6, 6.07) is 0. The Kier molecular flexibility index (Phi) is 1.79. The van der Waals surface area contributed by atoms with Crippen molar-refractivity contribution >= 4 is 0 Å². The molecular formula is C9H13NO2. The van der Waals surface area contributed by atoms with Crippen molar-refractivity contribution in [3.63, 3.8) is 0 Å². The Balaban J connectivity index is 1.96. The topological polar surface area (TPSA) is 35.3 Å². The normalized spacial score (nSPS) is 16.5. The SMILES string of the molecule is Cc1noc(OCC2CC2)c1C. The molecule has 1 aliphatic carbocycles. The van der Waals surface area contributed by atoms with Gasteiger partial charge in [-0.05, 0) is 32.6 Å². The first-order chi connectivity index (χ1) is 5.77. The summed E-state index contributed by atoms with van der Waals surface area (Å²) in [5.74, 6) is 1.36. The van der Waals surface area contributed by atoms with Crippen LogP contribution in [0.25, 0.3) is 0 Å². The van der Waals surface area contributed by atoms with Gasteiger partial charge in [-0.15, -0.1) is 0 Å². The summed E-state index contributed by atoms with van der Waals surface area (Å²) in [5, 5.41) is 3.81. The van der Waals surface area contributed by atoms with Gasteiger partial charge in [0, 0.05) is 0 Å². The minimum Gasteiger partial charge on any atom is -0.463 e. The monoisotopic (exact) mass is 167 g/mol. The van der Waals surface area contributed by atoms with Crippen molar-refractivity contribution in [1.82, 2.24) is 5.16 Å². The third-order valence-electron chi connectivity index (χ3n) is 2.26. The van der Waals surface area contributed by atoms with E-state index in [0.29, 0.717) is 5.95 Å². The van der Waals surface area contributed by atoms with Gasteiger partial charge in [0.15, 0.2) is 0 Å². The average molecular weight is 167 g/mol. The zero-order valence-electron chi connectivity index (χ0n) is 7.46. The molecule has 1 aromatic rings. The van der Waals surface area contributed by atoms with E-state index in [1.54, 1.807) is 0 Å². The number of hydrogen-bond acceptors (Lipinski definition) is 3. The summed E-state index contributed by atoms with van der Waals surface area (Å²) in [7, 11) is 0. The van der Waals surface area contributed by atoms with E-state index in [2.05, 4.69) is 5.16 Å². The molecule has 0 atom stereocenters. The Labute approximate surface area is 71.7 Å². The lowest BCUT2D eigenvalue weighted by molar-refractivity contribution is 0.203. The van der Waals surface area contributed by atoms with Gasteiger partial charge in [-0.1, -0.05) is 5.16 Å². The van der Waals surface area contributed by atoms with E-state index in [9.17, 15) is 0 Å². The Bertz CT molecular complexity index is 276. The first kappa shape index (κ1) is 7.65. The lowest BCUT2D eigenvalue weighted by atomic mass is 10.3. The van der Waals surface area contributed by atoms with Crippen LogP contribution in [0.5, 0.6) is 5.95 Å². The second kappa shape index (κ2) is 2.81. The molecule has 12 heavy (non-hydrogen) atoms. The molecule has 3 nitrogen and oxygen atoms in total. The van der Waals surface area contributed by atoms with Crippen molar-refractivity contribution in [2.24, 2.45) is 5.92 Å². The average Bonchev–Trinajstić information content (AvgIpc) is 2.82. The summed E-state index contributed by atoms with van der Waals surface area (Å²) in [6.07, 6.45) is 2.60. The minimum atomic E-state index is 0.597. The van der Waals surface area contributed by atoms with Crippen LogP contribution in [0.3, 0.4) is 0 Å². The second-order valence-corrected chi connectivity index (χ2v) is 3.43. The fourth-order valence-electron chi connectivity index (χ4n) is 1.01. The van der Waals surface area contributed by atoms with Gasteiger partial charge in [0.1, 0.15) is 0 Å². The van der Waals surface area contributed by atoms with Gasteiger partial charge in [0.05, 0.1) is 17.9 Å². The standard InChI is InChI=1S/C9H13NO2/c1-6-7(2)10-12-9(6)11-5-8-3-4-8/h8H,3-5H2,1-2H3. The molecule has 0 radical (unpaired) electrons. The molecule has 1 aromatic heterocycles. The number of nitrogens with zero attached hydrogens (tertiary/aromatic N) is 1. The maximum atomic E-state index is 5.45. The molecular weight excluding hydrogens is 154 g/mol. The molecule has 0 saturated heterocycles. The number of rotatable bonds is 3. The highest BCUT2D eigenvalue weighted by Crippen LogP contribution is 2.30. The largest absolute Gasteiger partial charge is 0.463 e. The van der Waals surface area contributed by atoms with Gasteiger partial charge in [-0.2, -0.15) is 0 Å². The molecule has 3 heteroatoms. The number of ether oxygens (including phenoxy) is 1. The molecule has 1 fully saturated rings. The van der Waals surface area contributed by atoms with E-state index in [-0.39, 0.29) is 0 Å². The van der Waals surface area contributed by atoms with E-state index < -0.39 is 0 Å². The molecule has 0 spiro atoms. The van der Waals surface area contributed by atoms with Gasteiger partial charge in [0.25, 0.3) is 0 Å². The van der Waals surface area contributed by atoms with Crippen LogP contribution in [0.4, 0.5) is 0 Å². The maximum absolute atomic E-state index is 5.45. The van der Waals surface area contributed by atoms with Gasteiger partial charge in [-0.25, -0.2) is 0 Å². The highest BCUT2D eigenvalue weighted by Gasteiger charge is 2.23. The smallest absolute Gasteiger partial charge is 0.314 e. The first-order valence-electron chi connectivity index (χ1n) is 4.33. The van der Waals surface area contributed by atoms with Gasteiger partial charge < -0.3 is 9.26 Å². The van der Waals surface area contributed by atoms with Crippen LogP contribution in [0.15, 0.2) is 4.52 Å². The van der Waals surface area contributed by atoms with Crippen molar-refractivity contribution in [1.29, 1.82) is 0 Å². The third-order valence-corrected chi connectivity index (χ3v) is 2.26. The molecule has 1 heterocycles. The summed E-state index contributed by atoms with van der Waals surface area (Å²) < 4.78 is 10.5. The Morgan fingerprint density at radius 2 is 2.25 bits per heavy atom. The predicted octanol–water partition coefficient (Wildman–Crippen LogP) is 2.08. The molecule has 0 N–H and O–H groups in total. The highest BCUT2D eigenvalue weighted by molar-refractivity contribution is 5.24. The molecule has 66 valence electrons. The number of hydrogen-bond donors (Lipinski definition) is 0. The van der Waals surface area contributed by atoms with E-state index in [1.807, 2.05) is 13.8 Å². The van der Waals surface area contributed by atoms with Crippen molar-refractivity contribution in [2.75, 3.05) is 6.61 Å². The Morgan fingerprint density at radius 3 is 2.75 bits per heavy atom. The second-order valence-electron chi connectivity index (χ2n) is 3.43. The van der Waals surface area contributed by atoms with Crippen LogP contribution >= 0.6 is 0 Å². The lowest BCUT2D eigenvalue weighted by Gasteiger charge is -1.99. The van der Waals surface area contributed by atoms with Crippen LogP contribution in [0, 0.1) is 19.8 Å². The van der Waals surface area contributed by atoms with E-state index in [1.165, 1.54) is 12.8 Å². The quantitative estimate of drug-likeness (QED) is 0.691. The molecule has 0 aliphatic heterocycles. The molecule has 1 saturated carbocycles. The van der Waals surface area contributed by atoms with E-state index in [0.717, 1.165) is 23.8 Å². The molecule has 0 aromatic carbocycles. The van der Waals surface area contributed by atoms with Crippen LogP contribution in [-0.4, -0.2) is 11.8 Å². The molecule has 2 rings (SSSR count). The summed E-state index contributed by atoms with van der Waals surface area (Å²) in [4.78, 5) is 0. The maximum Gasteiger partial charge on any atom is 0.314 e. The zero-order valence-corrected chi connectivity index (χ0v) is 7.46. The fraction of sp³-hybridized carbons (Fsp3) is 0.667. The first-order valence-corrected chi connectivity index (χ1v) is 4.33. The van der Waals surface area contributed by atoms with E-state index >= 15 is 0 Å². The van der Waals surface area contributed by atoms with Crippen LogP contribution in [-0.2, 0) is 0 Å². The van der Waals surface area contributed by atoms with Crippen molar-refractivity contribution in [2.45, 2.75) is 26.7 Å². The lowest BCUT2D eigenvalue weighted by Crippen LogP contribution is -1.98. The molecule has 0 bridgehead atoms. The van der Waals surface area contributed by atoms with E-state index in [4.69, 9.17) is 9.26 Å². The van der Waals surface area contributed by atoms with Gasteiger partial charge >= 0.3 is 5.95 Å². The van der Waals surface area contributed by atoms with Gasteiger partial charge in [-0.3, -0.25) is 0 Å². The summed E-state index contributed by atoms with van der Waals surface area (Å²) >= 11 is 0.